The summed E-state index contributed by atoms with van der Waals surface area (Å²) in [4.78, 5) is 24.8. The average molecular weight is 350 g/mol. The number of anilines is 1. The summed E-state index contributed by atoms with van der Waals surface area (Å²) in [6.07, 6.45) is 1.17. The van der Waals surface area contributed by atoms with Crippen molar-refractivity contribution in [1.29, 1.82) is 0 Å². The van der Waals surface area contributed by atoms with Crippen molar-refractivity contribution in [2.24, 2.45) is 0 Å². The van der Waals surface area contributed by atoms with Crippen LogP contribution < -0.4 is 10.6 Å². The monoisotopic (exact) mass is 350 g/mol. The zero-order valence-electron chi connectivity index (χ0n) is 14.9. The van der Waals surface area contributed by atoms with Crippen molar-refractivity contribution in [2.45, 2.75) is 32.2 Å². The van der Waals surface area contributed by atoms with E-state index in [2.05, 4.69) is 10.6 Å². The first kappa shape index (κ1) is 17.7. The van der Waals surface area contributed by atoms with E-state index in [0.29, 0.717) is 18.5 Å². The van der Waals surface area contributed by atoms with E-state index in [9.17, 15) is 14.7 Å². The average Bonchev–Trinajstić information content (AvgIpc) is 2.83. The summed E-state index contributed by atoms with van der Waals surface area (Å²) in [5.74, 6) is -1.36. The van der Waals surface area contributed by atoms with Gasteiger partial charge in [0.2, 0.25) is 0 Å². The lowest BCUT2D eigenvalue weighted by Gasteiger charge is -2.24. The summed E-state index contributed by atoms with van der Waals surface area (Å²) in [7, 11) is 0. The van der Waals surface area contributed by atoms with E-state index in [-0.39, 0.29) is 11.3 Å². The largest absolute Gasteiger partial charge is 0.509 e. The Bertz CT molecular complexity index is 874. The number of aliphatic hydroxyl groups excluding tert-OH is 1. The quantitative estimate of drug-likeness (QED) is 0.724. The van der Waals surface area contributed by atoms with Crippen molar-refractivity contribution in [3.05, 3.63) is 77.1 Å². The third-order valence-electron chi connectivity index (χ3n) is 4.64. The topological polar surface area (TPSA) is 78.4 Å². The lowest BCUT2D eigenvalue weighted by atomic mass is 9.92. The maximum atomic E-state index is 12.5. The van der Waals surface area contributed by atoms with E-state index >= 15 is 0 Å². The molecule has 2 aromatic rings. The summed E-state index contributed by atoms with van der Waals surface area (Å²) < 4.78 is 0. The number of amides is 2. The minimum Gasteiger partial charge on any atom is -0.509 e. The number of hydrogen-bond donors (Lipinski definition) is 3. The van der Waals surface area contributed by atoms with Crippen LogP contribution in [-0.2, 0) is 16.0 Å². The first-order valence-corrected chi connectivity index (χ1v) is 8.57. The molecule has 0 saturated carbocycles. The molecule has 0 bridgehead atoms. The molecule has 3 N–H and O–H groups in total. The highest BCUT2D eigenvalue weighted by atomic mass is 16.3. The zero-order valence-corrected chi connectivity index (χ0v) is 14.9. The molecule has 1 aliphatic rings. The van der Waals surface area contributed by atoms with Gasteiger partial charge in [-0.05, 0) is 49.9 Å². The van der Waals surface area contributed by atoms with Gasteiger partial charge in [-0.3, -0.25) is 9.59 Å². The number of aryl methyl sites for hydroxylation is 2. The van der Waals surface area contributed by atoms with Gasteiger partial charge in [-0.1, -0.05) is 42.5 Å². The van der Waals surface area contributed by atoms with Gasteiger partial charge >= 0.3 is 0 Å². The van der Waals surface area contributed by atoms with Crippen LogP contribution in [0, 0.1) is 6.92 Å². The van der Waals surface area contributed by atoms with Gasteiger partial charge in [0, 0.05) is 5.69 Å². The fourth-order valence-electron chi connectivity index (χ4n) is 3.10. The van der Waals surface area contributed by atoms with Gasteiger partial charge in [0.25, 0.3) is 11.8 Å². The standard InChI is InChI=1S/C21H22N2O3/c1-14-7-6-10-16(13-14)22-19(25)17-18(24)21(2,23-20(17)26)12-11-15-8-4-3-5-9-15/h3-10,13,24H,11-12H2,1-2H3,(H,22,25)(H,23,26). The molecule has 2 amide bonds. The molecule has 1 heterocycles. The Balaban J connectivity index is 1.77. The van der Waals surface area contributed by atoms with E-state index in [1.54, 1.807) is 19.1 Å². The van der Waals surface area contributed by atoms with Gasteiger partial charge in [0.15, 0.2) is 0 Å². The molecular weight excluding hydrogens is 328 g/mol. The van der Waals surface area contributed by atoms with Crippen LogP contribution in [0.2, 0.25) is 0 Å². The minimum atomic E-state index is -0.952. The molecule has 1 aliphatic heterocycles. The van der Waals surface area contributed by atoms with Crippen molar-refractivity contribution in [3.63, 3.8) is 0 Å². The molecule has 0 aromatic heterocycles. The van der Waals surface area contributed by atoms with E-state index in [4.69, 9.17) is 0 Å². The Morgan fingerprint density at radius 1 is 1.15 bits per heavy atom. The fourth-order valence-corrected chi connectivity index (χ4v) is 3.10. The van der Waals surface area contributed by atoms with Crippen molar-refractivity contribution >= 4 is 17.5 Å². The van der Waals surface area contributed by atoms with Gasteiger partial charge in [0.05, 0.1) is 5.54 Å². The molecule has 3 rings (SSSR count). The highest BCUT2D eigenvalue weighted by Crippen LogP contribution is 2.30. The number of carbonyl (C=O) groups excluding carboxylic acids is 2. The van der Waals surface area contributed by atoms with Crippen molar-refractivity contribution < 1.29 is 14.7 Å². The number of benzene rings is 2. The Kier molecular flexibility index (Phi) is 4.80. The van der Waals surface area contributed by atoms with E-state index < -0.39 is 17.4 Å². The van der Waals surface area contributed by atoms with Crippen LogP contribution >= 0.6 is 0 Å². The summed E-state index contributed by atoms with van der Waals surface area (Å²) in [6, 6.07) is 17.1. The minimum absolute atomic E-state index is 0.205. The van der Waals surface area contributed by atoms with Crippen LogP contribution in [0.4, 0.5) is 5.69 Å². The van der Waals surface area contributed by atoms with Crippen LogP contribution in [0.5, 0.6) is 0 Å². The van der Waals surface area contributed by atoms with Crippen molar-refractivity contribution in [1.82, 2.24) is 5.32 Å². The number of aliphatic hydroxyl groups is 1. The second-order valence-electron chi connectivity index (χ2n) is 6.82. The predicted molar refractivity (Wildman–Crippen MR) is 101 cm³/mol. The number of nitrogens with one attached hydrogen (secondary N) is 2. The third-order valence-corrected chi connectivity index (χ3v) is 4.64. The maximum absolute atomic E-state index is 12.5. The van der Waals surface area contributed by atoms with E-state index in [1.165, 1.54) is 0 Å². The zero-order chi connectivity index (χ0) is 18.7. The first-order chi connectivity index (χ1) is 12.4. The van der Waals surface area contributed by atoms with Gasteiger partial charge in [-0.25, -0.2) is 0 Å². The fraction of sp³-hybridized carbons (Fsp3) is 0.238. The van der Waals surface area contributed by atoms with Gasteiger partial charge < -0.3 is 15.7 Å². The molecule has 1 atom stereocenters. The van der Waals surface area contributed by atoms with E-state index in [1.807, 2.05) is 49.4 Å². The number of hydrogen-bond acceptors (Lipinski definition) is 3. The summed E-state index contributed by atoms with van der Waals surface area (Å²) in [5, 5.41) is 16.0. The molecule has 0 fully saturated rings. The molecule has 2 aromatic carbocycles. The Morgan fingerprint density at radius 2 is 1.88 bits per heavy atom. The molecule has 26 heavy (non-hydrogen) atoms. The first-order valence-electron chi connectivity index (χ1n) is 8.57. The van der Waals surface area contributed by atoms with Crippen LogP contribution in [0.3, 0.4) is 0 Å². The molecule has 134 valence electrons. The van der Waals surface area contributed by atoms with Gasteiger partial charge in [0.1, 0.15) is 11.3 Å². The van der Waals surface area contributed by atoms with Gasteiger partial charge in [-0.15, -0.1) is 0 Å². The molecule has 0 saturated heterocycles. The van der Waals surface area contributed by atoms with Crippen molar-refractivity contribution in [2.75, 3.05) is 5.32 Å². The normalized spacial score (nSPS) is 19.4. The molecule has 0 radical (unpaired) electrons. The highest BCUT2D eigenvalue weighted by molar-refractivity contribution is 6.24. The van der Waals surface area contributed by atoms with Crippen LogP contribution in [0.1, 0.15) is 24.5 Å². The highest BCUT2D eigenvalue weighted by Gasteiger charge is 2.44. The molecule has 0 aliphatic carbocycles. The number of carbonyl (C=O) groups is 2. The molecule has 0 spiro atoms. The summed E-state index contributed by atoms with van der Waals surface area (Å²) >= 11 is 0. The Hall–Kier alpha value is -3.08. The summed E-state index contributed by atoms with van der Waals surface area (Å²) in [6.45, 7) is 3.64. The van der Waals surface area contributed by atoms with Crippen LogP contribution in [-0.4, -0.2) is 22.5 Å². The maximum Gasteiger partial charge on any atom is 0.264 e. The molecular formula is C21H22N2O3. The molecule has 5 nitrogen and oxygen atoms in total. The predicted octanol–water partition coefficient (Wildman–Crippen LogP) is 3.27. The van der Waals surface area contributed by atoms with Crippen LogP contribution in [0.15, 0.2) is 65.9 Å². The second kappa shape index (κ2) is 7.04. The lowest BCUT2D eigenvalue weighted by molar-refractivity contribution is -0.121. The van der Waals surface area contributed by atoms with Crippen molar-refractivity contribution in [3.8, 4) is 0 Å². The molecule has 5 heteroatoms. The lowest BCUT2D eigenvalue weighted by Crippen LogP contribution is -2.42. The smallest absolute Gasteiger partial charge is 0.264 e. The summed E-state index contributed by atoms with van der Waals surface area (Å²) in [5.41, 5.74) is 1.51. The number of rotatable bonds is 5. The Labute approximate surface area is 152 Å². The molecule has 1 unspecified atom stereocenters. The van der Waals surface area contributed by atoms with Crippen LogP contribution in [0.25, 0.3) is 0 Å². The Morgan fingerprint density at radius 3 is 2.58 bits per heavy atom. The van der Waals surface area contributed by atoms with E-state index in [0.717, 1.165) is 11.1 Å². The third kappa shape index (κ3) is 3.61. The SMILES string of the molecule is Cc1cccc(NC(=O)C2=C(O)C(C)(CCc3ccccc3)NC2=O)c1. The second-order valence-corrected chi connectivity index (χ2v) is 6.82. The van der Waals surface area contributed by atoms with Gasteiger partial charge in [-0.2, -0.15) is 0 Å².